The van der Waals surface area contributed by atoms with Crippen molar-refractivity contribution in [3.05, 3.63) is 60.2 Å². The van der Waals surface area contributed by atoms with Crippen molar-refractivity contribution in [2.75, 3.05) is 25.0 Å². The van der Waals surface area contributed by atoms with E-state index >= 15 is 0 Å². The second-order valence-electron chi connectivity index (χ2n) is 6.94. The van der Waals surface area contributed by atoms with Crippen LogP contribution in [-0.4, -0.2) is 36.4 Å². The average molecular weight is 381 g/mol. The number of hydrogen-bond acceptors (Lipinski definition) is 4. The molecule has 0 aliphatic carbocycles. The zero-order chi connectivity index (χ0) is 19.9. The summed E-state index contributed by atoms with van der Waals surface area (Å²) in [6.07, 6.45) is 1.34. The van der Waals surface area contributed by atoms with Gasteiger partial charge in [-0.3, -0.25) is 14.5 Å². The summed E-state index contributed by atoms with van der Waals surface area (Å²) in [7, 11) is 0. The van der Waals surface area contributed by atoms with Gasteiger partial charge in [0.2, 0.25) is 11.8 Å². The molecule has 1 aliphatic heterocycles. The van der Waals surface area contributed by atoms with Gasteiger partial charge in [0.15, 0.2) is 0 Å². The summed E-state index contributed by atoms with van der Waals surface area (Å²) in [5, 5.41) is 3.03. The lowest BCUT2D eigenvalue weighted by atomic mass is 9.93. The predicted molar refractivity (Wildman–Crippen MR) is 109 cm³/mol. The van der Waals surface area contributed by atoms with E-state index in [0.717, 1.165) is 5.56 Å². The van der Waals surface area contributed by atoms with E-state index in [1.54, 1.807) is 0 Å². The molecule has 28 heavy (non-hydrogen) atoms. The number of carbonyl (C=O) groups is 2. The number of amides is 2. The number of likely N-dealkylation sites (tertiary alicyclic amines) is 1. The van der Waals surface area contributed by atoms with Crippen LogP contribution in [0, 0.1) is 5.92 Å². The van der Waals surface area contributed by atoms with Crippen LogP contribution in [-0.2, 0) is 9.59 Å². The molecule has 0 spiro atoms. The summed E-state index contributed by atoms with van der Waals surface area (Å²) < 4.78 is 5.63. The molecule has 1 saturated heterocycles. The van der Waals surface area contributed by atoms with Crippen molar-refractivity contribution in [3.63, 3.8) is 0 Å². The Morgan fingerprint density at radius 3 is 2.39 bits per heavy atom. The lowest BCUT2D eigenvalue weighted by Crippen LogP contribution is -2.44. The lowest BCUT2D eigenvalue weighted by molar-refractivity contribution is -0.125. The van der Waals surface area contributed by atoms with Crippen LogP contribution in [0.2, 0.25) is 0 Å². The van der Waals surface area contributed by atoms with Crippen molar-refractivity contribution in [3.8, 4) is 5.75 Å². The SMILES string of the molecule is CCOc1ccccc1NC(=O)C(c1ccccc1)N1CCC(C(N)=O)CC1. The van der Waals surface area contributed by atoms with Crippen molar-refractivity contribution < 1.29 is 14.3 Å². The molecule has 0 bridgehead atoms. The van der Waals surface area contributed by atoms with Crippen LogP contribution in [0.15, 0.2) is 54.6 Å². The van der Waals surface area contributed by atoms with Crippen molar-refractivity contribution in [1.82, 2.24) is 4.90 Å². The standard InChI is InChI=1S/C22H27N3O3/c1-2-28-19-11-7-6-10-18(19)24-22(27)20(16-8-4-3-5-9-16)25-14-12-17(13-15-25)21(23)26/h3-11,17,20H,2,12-15H2,1H3,(H2,23,26)(H,24,27). The molecule has 6 heteroatoms. The third kappa shape index (κ3) is 4.70. The van der Waals surface area contributed by atoms with Crippen molar-refractivity contribution in [1.29, 1.82) is 0 Å². The normalized spacial score (nSPS) is 16.3. The topological polar surface area (TPSA) is 84.7 Å². The maximum Gasteiger partial charge on any atom is 0.246 e. The van der Waals surface area contributed by atoms with Crippen LogP contribution < -0.4 is 15.8 Å². The first-order chi connectivity index (χ1) is 13.6. The smallest absolute Gasteiger partial charge is 0.246 e. The first-order valence-corrected chi connectivity index (χ1v) is 9.71. The molecule has 0 saturated carbocycles. The number of anilines is 1. The number of piperidine rings is 1. The minimum Gasteiger partial charge on any atom is -0.492 e. The van der Waals surface area contributed by atoms with Crippen LogP contribution >= 0.6 is 0 Å². The number of nitrogens with zero attached hydrogens (tertiary/aromatic N) is 1. The quantitative estimate of drug-likeness (QED) is 0.772. The molecule has 3 N–H and O–H groups in total. The van der Waals surface area contributed by atoms with E-state index in [2.05, 4.69) is 10.2 Å². The zero-order valence-corrected chi connectivity index (χ0v) is 16.1. The molecule has 148 valence electrons. The Balaban J connectivity index is 1.82. The van der Waals surface area contributed by atoms with Gasteiger partial charge in [0, 0.05) is 5.92 Å². The molecule has 1 aliphatic rings. The summed E-state index contributed by atoms with van der Waals surface area (Å²) in [4.78, 5) is 26.9. The highest BCUT2D eigenvalue weighted by molar-refractivity contribution is 5.96. The van der Waals surface area contributed by atoms with Crippen LogP contribution in [0.5, 0.6) is 5.75 Å². The van der Waals surface area contributed by atoms with E-state index in [9.17, 15) is 9.59 Å². The van der Waals surface area contributed by atoms with Gasteiger partial charge in [-0.05, 0) is 50.6 Å². The second kappa shape index (κ2) is 9.37. The Kier molecular flexibility index (Phi) is 6.66. The first-order valence-electron chi connectivity index (χ1n) is 9.71. The predicted octanol–water partition coefficient (Wildman–Crippen LogP) is 2.96. The van der Waals surface area contributed by atoms with E-state index in [0.29, 0.717) is 44.0 Å². The molecular formula is C22H27N3O3. The summed E-state index contributed by atoms with van der Waals surface area (Å²) in [6.45, 7) is 3.73. The number of nitrogens with one attached hydrogen (secondary N) is 1. The van der Waals surface area contributed by atoms with Crippen LogP contribution in [0.25, 0.3) is 0 Å². The Labute approximate surface area is 165 Å². The van der Waals surface area contributed by atoms with Gasteiger partial charge in [-0.1, -0.05) is 42.5 Å². The first kappa shape index (κ1) is 19.9. The van der Waals surface area contributed by atoms with Gasteiger partial charge in [0.1, 0.15) is 11.8 Å². The molecule has 1 atom stereocenters. The fraction of sp³-hybridized carbons (Fsp3) is 0.364. The number of benzene rings is 2. The maximum atomic E-state index is 13.3. The van der Waals surface area contributed by atoms with Gasteiger partial charge in [-0.15, -0.1) is 0 Å². The molecular weight excluding hydrogens is 354 g/mol. The number of para-hydroxylation sites is 2. The minimum absolute atomic E-state index is 0.115. The fourth-order valence-electron chi connectivity index (χ4n) is 3.66. The van der Waals surface area contributed by atoms with Gasteiger partial charge in [-0.2, -0.15) is 0 Å². The van der Waals surface area contributed by atoms with E-state index < -0.39 is 6.04 Å². The highest BCUT2D eigenvalue weighted by Crippen LogP contribution is 2.30. The maximum absolute atomic E-state index is 13.3. The third-order valence-corrected chi connectivity index (χ3v) is 5.11. The van der Waals surface area contributed by atoms with Gasteiger partial charge in [0.25, 0.3) is 0 Å². The number of primary amides is 1. The molecule has 1 heterocycles. The van der Waals surface area contributed by atoms with Gasteiger partial charge >= 0.3 is 0 Å². The molecule has 2 aromatic carbocycles. The Morgan fingerprint density at radius 1 is 1.11 bits per heavy atom. The van der Waals surface area contributed by atoms with E-state index in [1.807, 2.05) is 61.5 Å². The third-order valence-electron chi connectivity index (χ3n) is 5.11. The van der Waals surface area contributed by atoms with E-state index in [4.69, 9.17) is 10.5 Å². The largest absolute Gasteiger partial charge is 0.492 e. The Bertz CT molecular complexity index is 802. The summed E-state index contributed by atoms with van der Waals surface area (Å²) >= 11 is 0. The second-order valence-corrected chi connectivity index (χ2v) is 6.94. The molecule has 1 fully saturated rings. The van der Waals surface area contributed by atoms with Crippen molar-refractivity contribution in [2.45, 2.75) is 25.8 Å². The minimum atomic E-state index is -0.440. The van der Waals surface area contributed by atoms with Gasteiger partial charge < -0.3 is 15.8 Å². The summed E-state index contributed by atoms with van der Waals surface area (Å²) in [5.74, 6) is 0.161. The Morgan fingerprint density at radius 2 is 1.75 bits per heavy atom. The number of rotatable bonds is 7. The number of ether oxygens (including phenoxy) is 1. The molecule has 0 aromatic heterocycles. The molecule has 0 radical (unpaired) electrons. The monoisotopic (exact) mass is 381 g/mol. The van der Waals surface area contributed by atoms with Gasteiger partial charge in [-0.25, -0.2) is 0 Å². The zero-order valence-electron chi connectivity index (χ0n) is 16.1. The molecule has 6 nitrogen and oxygen atoms in total. The molecule has 2 aromatic rings. The fourth-order valence-corrected chi connectivity index (χ4v) is 3.66. The van der Waals surface area contributed by atoms with Gasteiger partial charge in [0.05, 0.1) is 12.3 Å². The average Bonchev–Trinajstić information content (AvgIpc) is 2.71. The van der Waals surface area contributed by atoms with Crippen LogP contribution in [0.3, 0.4) is 0 Å². The van der Waals surface area contributed by atoms with Crippen LogP contribution in [0.4, 0.5) is 5.69 Å². The number of carbonyl (C=O) groups excluding carboxylic acids is 2. The highest BCUT2D eigenvalue weighted by atomic mass is 16.5. The highest BCUT2D eigenvalue weighted by Gasteiger charge is 2.32. The molecule has 2 amide bonds. The van der Waals surface area contributed by atoms with Crippen molar-refractivity contribution in [2.24, 2.45) is 11.7 Å². The number of hydrogen-bond donors (Lipinski definition) is 2. The Hall–Kier alpha value is -2.86. The van der Waals surface area contributed by atoms with Crippen molar-refractivity contribution >= 4 is 17.5 Å². The summed E-state index contributed by atoms with van der Waals surface area (Å²) in [6, 6.07) is 16.7. The summed E-state index contributed by atoms with van der Waals surface area (Å²) in [5.41, 5.74) is 7.03. The van der Waals surface area contributed by atoms with E-state index in [1.165, 1.54) is 0 Å². The number of nitrogens with two attached hydrogens (primary N) is 1. The molecule has 1 unspecified atom stereocenters. The lowest BCUT2D eigenvalue weighted by Gasteiger charge is -2.36. The molecule has 3 rings (SSSR count). The van der Waals surface area contributed by atoms with E-state index in [-0.39, 0.29) is 17.7 Å². The van der Waals surface area contributed by atoms with Crippen LogP contribution in [0.1, 0.15) is 31.4 Å².